The SMILES string of the molecule is CC(Cl)C(=O)OCCC(C)(C)CON(O)O. The highest BCUT2D eigenvalue weighted by molar-refractivity contribution is 6.29. The average molecular weight is 256 g/mol. The third-order valence-electron chi connectivity index (χ3n) is 1.92. The van der Waals surface area contributed by atoms with E-state index < -0.39 is 11.3 Å². The maximum atomic E-state index is 11.0. The molecule has 1 atom stereocenters. The lowest BCUT2D eigenvalue weighted by atomic mass is 9.91. The predicted molar refractivity (Wildman–Crippen MR) is 56.0 cm³/mol. The fraction of sp³-hybridized carbons (Fsp3) is 0.889. The molecule has 0 heterocycles. The first kappa shape index (κ1) is 15.6. The van der Waals surface area contributed by atoms with Gasteiger partial charge in [-0.3, -0.25) is 20.0 Å². The number of ether oxygens (including phenoxy) is 1. The van der Waals surface area contributed by atoms with Crippen LogP contribution in [0.3, 0.4) is 0 Å². The van der Waals surface area contributed by atoms with Crippen molar-refractivity contribution in [1.29, 1.82) is 0 Å². The van der Waals surface area contributed by atoms with Gasteiger partial charge in [-0.1, -0.05) is 13.8 Å². The molecule has 0 saturated carbocycles. The number of hydrogen-bond donors (Lipinski definition) is 2. The van der Waals surface area contributed by atoms with Crippen LogP contribution in [0.4, 0.5) is 0 Å². The molecule has 7 heteroatoms. The minimum atomic E-state index is -0.662. The van der Waals surface area contributed by atoms with Gasteiger partial charge in [0.15, 0.2) is 0 Å². The number of esters is 1. The van der Waals surface area contributed by atoms with Crippen LogP contribution in [0, 0.1) is 5.41 Å². The van der Waals surface area contributed by atoms with Crippen molar-refractivity contribution in [3.8, 4) is 0 Å². The molecule has 2 N–H and O–H groups in total. The zero-order valence-corrected chi connectivity index (χ0v) is 10.4. The molecule has 0 aliphatic rings. The van der Waals surface area contributed by atoms with Crippen LogP contribution in [-0.4, -0.2) is 40.4 Å². The monoisotopic (exact) mass is 255 g/mol. The van der Waals surface area contributed by atoms with E-state index >= 15 is 0 Å². The zero-order chi connectivity index (χ0) is 12.8. The van der Waals surface area contributed by atoms with Crippen molar-refractivity contribution in [2.45, 2.75) is 32.6 Å². The Morgan fingerprint density at radius 2 is 2.06 bits per heavy atom. The molecule has 0 bridgehead atoms. The third-order valence-corrected chi connectivity index (χ3v) is 2.10. The van der Waals surface area contributed by atoms with Gasteiger partial charge in [0, 0.05) is 0 Å². The summed E-state index contributed by atoms with van der Waals surface area (Å²) in [6.07, 6.45) is 0.524. The van der Waals surface area contributed by atoms with Crippen molar-refractivity contribution in [1.82, 2.24) is 5.39 Å². The summed E-state index contributed by atoms with van der Waals surface area (Å²) in [4.78, 5) is 15.5. The highest BCUT2D eigenvalue weighted by Crippen LogP contribution is 2.20. The topological polar surface area (TPSA) is 79.2 Å². The molecule has 0 aromatic heterocycles. The van der Waals surface area contributed by atoms with Gasteiger partial charge in [0.25, 0.3) is 0 Å². The molecular weight excluding hydrogens is 238 g/mol. The van der Waals surface area contributed by atoms with Gasteiger partial charge in [0.2, 0.25) is 0 Å². The van der Waals surface area contributed by atoms with E-state index in [0.717, 1.165) is 0 Å². The molecule has 0 spiro atoms. The van der Waals surface area contributed by atoms with Gasteiger partial charge in [-0.2, -0.15) is 0 Å². The molecule has 96 valence electrons. The van der Waals surface area contributed by atoms with Crippen LogP contribution in [0.5, 0.6) is 0 Å². The Balaban J connectivity index is 3.77. The molecule has 0 rings (SSSR count). The second-order valence-electron chi connectivity index (χ2n) is 4.22. The highest BCUT2D eigenvalue weighted by Gasteiger charge is 2.21. The van der Waals surface area contributed by atoms with Crippen molar-refractivity contribution in [2.75, 3.05) is 13.2 Å². The number of nitrogens with zero attached hydrogens (tertiary/aromatic N) is 1. The summed E-state index contributed by atoms with van der Waals surface area (Å²) in [5.74, 6) is -0.468. The smallest absolute Gasteiger partial charge is 0.323 e. The first-order chi connectivity index (χ1) is 7.24. The van der Waals surface area contributed by atoms with Crippen molar-refractivity contribution in [3.63, 3.8) is 0 Å². The number of carbonyl (C=O) groups is 1. The van der Waals surface area contributed by atoms with E-state index in [4.69, 9.17) is 26.8 Å². The quantitative estimate of drug-likeness (QED) is 0.409. The second kappa shape index (κ2) is 7.03. The zero-order valence-electron chi connectivity index (χ0n) is 9.64. The normalized spacial score (nSPS) is 13.9. The Labute approximate surface area is 99.6 Å². The largest absolute Gasteiger partial charge is 0.465 e. The molecule has 0 aliphatic carbocycles. The molecule has 1 unspecified atom stereocenters. The van der Waals surface area contributed by atoms with Gasteiger partial charge in [-0.15, -0.1) is 11.6 Å². The molecule has 0 aliphatic heterocycles. The molecule has 0 amide bonds. The number of alkyl halides is 1. The summed E-state index contributed by atoms with van der Waals surface area (Å²) in [6, 6.07) is 0. The van der Waals surface area contributed by atoms with Gasteiger partial charge in [0.1, 0.15) is 5.38 Å². The van der Waals surface area contributed by atoms with E-state index in [1.807, 2.05) is 13.8 Å². The minimum absolute atomic E-state index is 0.0912. The number of hydrogen-bond acceptors (Lipinski definition) is 6. The van der Waals surface area contributed by atoms with E-state index in [1.165, 1.54) is 6.92 Å². The van der Waals surface area contributed by atoms with Crippen molar-refractivity contribution in [3.05, 3.63) is 0 Å². The van der Waals surface area contributed by atoms with Crippen LogP contribution in [0.1, 0.15) is 27.2 Å². The lowest BCUT2D eigenvalue weighted by Gasteiger charge is -2.24. The lowest BCUT2D eigenvalue weighted by Crippen LogP contribution is -2.27. The van der Waals surface area contributed by atoms with Crippen molar-refractivity contribution < 1.29 is 24.8 Å². The predicted octanol–water partition coefficient (Wildman–Crippen LogP) is 1.59. The Kier molecular flexibility index (Phi) is 6.85. The van der Waals surface area contributed by atoms with Gasteiger partial charge >= 0.3 is 5.97 Å². The standard InChI is InChI=1S/C9H18ClNO5/c1-7(10)8(12)15-5-4-9(2,3)6-16-11(13)14/h7,13-14H,4-6H2,1-3H3. The van der Waals surface area contributed by atoms with Crippen LogP contribution in [-0.2, 0) is 14.4 Å². The maximum Gasteiger partial charge on any atom is 0.323 e. The van der Waals surface area contributed by atoms with Crippen LogP contribution in [0.25, 0.3) is 0 Å². The molecule has 6 nitrogen and oxygen atoms in total. The Morgan fingerprint density at radius 1 is 1.50 bits per heavy atom. The van der Waals surface area contributed by atoms with Gasteiger partial charge in [0.05, 0.1) is 18.6 Å². The lowest BCUT2D eigenvalue weighted by molar-refractivity contribution is -0.496. The molecule has 16 heavy (non-hydrogen) atoms. The Hall–Kier alpha value is -0.400. The molecule has 0 fully saturated rings. The van der Waals surface area contributed by atoms with E-state index in [9.17, 15) is 4.79 Å². The fourth-order valence-corrected chi connectivity index (χ4v) is 0.910. The molecule has 0 aromatic carbocycles. The fourth-order valence-electron chi connectivity index (χ4n) is 0.847. The number of rotatable bonds is 7. The summed E-state index contributed by atoms with van der Waals surface area (Å²) in [5, 5.41) is 15.7. The Morgan fingerprint density at radius 3 is 2.50 bits per heavy atom. The average Bonchev–Trinajstić information content (AvgIpc) is 2.14. The van der Waals surface area contributed by atoms with Crippen LogP contribution >= 0.6 is 11.6 Å². The van der Waals surface area contributed by atoms with Gasteiger partial charge in [-0.25, -0.2) is 0 Å². The van der Waals surface area contributed by atoms with Crippen molar-refractivity contribution in [2.24, 2.45) is 5.41 Å². The van der Waals surface area contributed by atoms with Crippen LogP contribution in [0.2, 0.25) is 0 Å². The summed E-state index contributed by atoms with van der Waals surface area (Å²) in [6.45, 7) is 5.52. The molecule has 0 radical (unpaired) electrons. The van der Waals surface area contributed by atoms with E-state index in [-0.39, 0.29) is 24.0 Å². The summed E-state index contributed by atoms with van der Waals surface area (Å²) >= 11 is 5.51. The minimum Gasteiger partial charge on any atom is -0.465 e. The summed E-state index contributed by atoms with van der Waals surface area (Å²) in [5.41, 5.74) is -0.348. The van der Waals surface area contributed by atoms with Crippen LogP contribution in [0.15, 0.2) is 0 Å². The van der Waals surface area contributed by atoms with E-state index in [1.54, 1.807) is 0 Å². The summed E-state index contributed by atoms with van der Waals surface area (Å²) in [7, 11) is 0. The number of halogens is 1. The first-order valence-electron chi connectivity index (χ1n) is 4.86. The van der Waals surface area contributed by atoms with Gasteiger partial charge in [-0.05, 0) is 18.8 Å². The molecule has 0 aromatic rings. The first-order valence-corrected chi connectivity index (χ1v) is 5.30. The van der Waals surface area contributed by atoms with Crippen molar-refractivity contribution >= 4 is 17.6 Å². The third kappa shape index (κ3) is 7.84. The van der Waals surface area contributed by atoms with Gasteiger partial charge < -0.3 is 4.74 Å². The molecular formula is C9H18ClNO5. The Bertz CT molecular complexity index is 220. The highest BCUT2D eigenvalue weighted by atomic mass is 35.5. The molecule has 0 saturated heterocycles. The second-order valence-corrected chi connectivity index (χ2v) is 4.88. The number of carbonyl (C=O) groups excluding carboxylic acids is 1. The summed E-state index contributed by atoms with van der Waals surface area (Å²) < 4.78 is 4.88. The van der Waals surface area contributed by atoms with E-state index in [0.29, 0.717) is 6.42 Å². The van der Waals surface area contributed by atoms with E-state index in [2.05, 4.69) is 4.84 Å². The van der Waals surface area contributed by atoms with Crippen LogP contribution < -0.4 is 0 Å². The maximum absolute atomic E-state index is 11.0.